The number of hydrogen-bond acceptors (Lipinski definition) is 2. The van der Waals surface area contributed by atoms with Crippen LogP contribution >= 0.6 is 0 Å². The van der Waals surface area contributed by atoms with Crippen LogP contribution in [0.25, 0.3) is 0 Å². The van der Waals surface area contributed by atoms with Gasteiger partial charge in [0.05, 0.1) is 0 Å². The normalized spacial score (nSPS) is 12.3. The second kappa shape index (κ2) is 4.64. The molecule has 0 heterocycles. The Hall–Kier alpha value is -1.32. The van der Waals surface area contributed by atoms with Crippen molar-refractivity contribution in [2.75, 3.05) is 0 Å². The quantitative estimate of drug-likeness (QED) is 0.661. The maximum absolute atomic E-state index is 11.2. The van der Waals surface area contributed by atoms with Crippen molar-refractivity contribution in [1.82, 2.24) is 4.90 Å². The van der Waals surface area contributed by atoms with Crippen molar-refractivity contribution in [3.8, 4) is 0 Å². The highest BCUT2D eigenvalue weighted by Crippen LogP contribution is 2.06. The first-order chi connectivity index (χ1) is 5.91. The molecular formula is C9H15NO3. The van der Waals surface area contributed by atoms with Crippen LogP contribution in [0.2, 0.25) is 0 Å². The molecule has 0 fully saturated rings. The minimum Gasteiger partial charge on any atom is -0.480 e. The Labute approximate surface area is 77.8 Å². The summed E-state index contributed by atoms with van der Waals surface area (Å²) in [7, 11) is 0. The van der Waals surface area contributed by atoms with Crippen molar-refractivity contribution in [3.05, 3.63) is 12.7 Å². The molecule has 0 saturated heterocycles. The van der Waals surface area contributed by atoms with Gasteiger partial charge in [-0.3, -0.25) is 4.79 Å². The molecule has 1 atom stereocenters. The predicted octanol–water partition coefficient (Wildman–Crippen LogP) is 0.882. The van der Waals surface area contributed by atoms with Crippen LogP contribution in [0.15, 0.2) is 12.7 Å². The van der Waals surface area contributed by atoms with Gasteiger partial charge in [0, 0.05) is 6.04 Å². The van der Waals surface area contributed by atoms with Gasteiger partial charge in [0.15, 0.2) is 0 Å². The van der Waals surface area contributed by atoms with E-state index < -0.39 is 12.0 Å². The predicted molar refractivity (Wildman–Crippen MR) is 49.3 cm³/mol. The van der Waals surface area contributed by atoms with Gasteiger partial charge in [-0.1, -0.05) is 6.58 Å². The molecule has 13 heavy (non-hydrogen) atoms. The molecule has 0 aliphatic heterocycles. The molecule has 0 saturated carbocycles. The molecule has 0 spiro atoms. The van der Waals surface area contributed by atoms with Crippen LogP contribution in [0.4, 0.5) is 0 Å². The molecule has 4 heteroatoms. The van der Waals surface area contributed by atoms with E-state index in [1.807, 2.05) is 0 Å². The Morgan fingerprint density at radius 3 is 2.08 bits per heavy atom. The summed E-state index contributed by atoms with van der Waals surface area (Å²) in [6.07, 6.45) is 1.12. The Morgan fingerprint density at radius 1 is 1.38 bits per heavy atom. The molecule has 0 radical (unpaired) electrons. The van der Waals surface area contributed by atoms with Crippen LogP contribution in [0.3, 0.4) is 0 Å². The SMILES string of the molecule is C=CC(=O)N(C(C)C)[C@@H](C)C(=O)O. The third-order valence-electron chi connectivity index (χ3n) is 1.76. The average molecular weight is 185 g/mol. The highest BCUT2D eigenvalue weighted by atomic mass is 16.4. The van der Waals surface area contributed by atoms with Gasteiger partial charge in [-0.2, -0.15) is 0 Å². The molecule has 0 aliphatic carbocycles. The van der Waals surface area contributed by atoms with E-state index in [2.05, 4.69) is 6.58 Å². The molecule has 0 aromatic carbocycles. The van der Waals surface area contributed by atoms with Gasteiger partial charge in [-0.25, -0.2) is 4.79 Å². The first-order valence-corrected chi connectivity index (χ1v) is 4.09. The first-order valence-electron chi connectivity index (χ1n) is 4.09. The van der Waals surface area contributed by atoms with Crippen molar-refractivity contribution >= 4 is 11.9 Å². The number of carbonyl (C=O) groups excluding carboxylic acids is 1. The minimum atomic E-state index is -1.01. The zero-order chi connectivity index (χ0) is 10.6. The lowest BCUT2D eigenvalue weighted by molar-refractivity contribution is -0.149. The van der Waals surface area contributed by atoms with E-state index in [9.17, 15) is 9.59 Å². The summed E-state index contributed by atoms with van der Waals surface area (Å²) in [4.78, 5) is 23.2. The third kappa shape index (κ3) is 2.89. The minimum absolute atomic E-state index is 0.142. The maximum atomic E-state index is 11.2. The molecule has 1 amide bonds. The number of aliphatic carboxylic acids is 1. The summed E-state index contributed by atoms with van der Waals surface area (Å²) in [6.45, 7) is 8.33. The lowest BCUT2D eigenvalue weighted by Crippen LogP contribution is -2.46. The highest BCUT2D eigenvalue weighted by Gasteiger charge is 2.25. The van der Waals surface area contributed by atoms with Gasteiger partial charge >= 0.3 is 5.97 Å². The molecule has 0 bridgehead atoms. The van der Waals surface area contributed by atoms with Crippen molar-refractivity contribution in [2.24, 2.45) is 0 Å². The molecule has 0 aliphatic rings. The summed E-state index contributed by atoms with van der Waals surface area (Å²) in [5, 5.41) is 8.72. The Morgan fingerprint density at radius 2 is 1.85 bits per heavy atom. The van der Waals surface area contributed by atoms with Crippen LogP contribution < -0.4 is 0 Å². The largest absolute Gasteiger partial charge is 0.480 e. The molecule has 0 unspecified atom stereocenters. The van der Waals surface area contributed by atoms with Gasteiger partial charge in [0.2, 0.25) is 5.91 Å². The fourth-order valence-electron chi connectivity index (χ4n) is 1.12. The van der Waals surface area contributed by atoms with E-state index in [0.717, 1.165) is 6.08 Å². The van der Waals surface area contributed by atoms with Gasteiger partial charge in [0.1, 0.15) is 6.04 Å². The number of rotatable bonds is 4. The van der Waals surface area contributed by atoms with Gasteiger partial charge in [-0.05, 0) is 26.8 Å². The highest BCUT2D eigenvalue weighted by molar-refractivity contribution is 5.90. The first kappa shape index (κ1) is 11.7. The second-order valence-electron chi connectivity index (χ2n) is 3.06. The lowest BCUT2D eigenvalue weighted by atomic mass is 10.2. The molecule has 0 aromatic rings. The van der Waals surface area contributed by atoms with Crippen LogP contribution in [-0.4, -0.2) is 34.0 Å². The van der Waals surface area contributed by atoms with Gasteiger partial charge in [-0.15, -0.1) is 0 Å². The topological polar surface area (TPSA) is 57.6 Å². The number of amides is 1. The van der Waals surface area contributed by atoms with Crippen molar-refractivity contribution < 1.29 is 14.7 Å². The Balaban J connectivity index is 4.70. The summed E-state index contributed by atoms with van der Waals surface area (Å²) >= 11 is 0. The number of carboxylic acids is 1. The smallest absolute Gasteiger partial charge is 0.326 e. The van der Waals surface area contributed by atoms with E-state index in [1.165, 1.54) is 11.8 Å². The Kier molecular flexibility index (Phi) is 4.17. The van der Waals surface area contributed by atoms with Crippen LogP contribution in [0, 0.1) is 0 Å². The number of hydrogen-bond donors (Lipinski definition) is 1. The van der Waals surface area contributed by atoms with Crippen LogP contribution in [-0.2, 0) is 9.59 Å². The molecule has 0 rings (SSSR count). The third-order valence-corrected chi connectivity index (χ3v) is 1.76. The summed E-state index contributed by atoms with van der Waals surface area (Å²) < 4.78 is 0. The average Bonchev–Trinajstić information content (AvgIpc) is 2.03. The molecular weight excluding hydrogens is 170 g/mol. The van der Waals surface area contributed by atoms with Gasteiger partial charge in [0.25, 0.3) is 0 Å². The Bertz CT molecular complexity index is 223. The van der Waals surface area contributed by atoms with Crippen LogP contribution in [0.5, 0.6) is 0 Å². The fourth-order valence-corrected chi connectivity index (χ4v) is 1.12. The summed E-state index contributed by atoms with van der Waals surface area (Å²) in [5.74, 6) is -1.37. The molecule has 4 nitrogen and oxygen atoms in total. The summed E-state index contributed by atoms with van der Waals surface area (Å²) in [5.41, 5.74) is 0. The standard InChI is InChI=1S/C9H15NO3/c1-5-8(11)10(6(2)3)7(4)9(12)13/h5-7H,1H2,2-4H3,(H,12,13)/t7-/m0/s1. The van der Waals surface area contributed by atoms with E-state index in [0.29, 0.717) is 0 Å². The lowest BCUT2D eigenvalue weighted by Gasteiger charge is -2.29. The second-order valence-corrected chi connectivity index (χ2v) is 3.06. The fraction of sp³-hybridized carbons (Fsp3) is 0.556. The zero-order valence-corrected chi connectivity index (χ0v) is 8.15. The van der Waals surface area contributed by atoms with E-state index in [4.69, 9.17) is 5.11 Å². The van der Waals surface area contributed by atoms with Crippen LogP contribution in [0.1, 0.15) is 20.8 Å². The van der Waals surface area contributed by atoms with Gasteiger partial charge < -0.3 is 10.0 Å². The molecule has 0 aromatic heterocycles. The van der Waals surface area contributed by atoms with Crippen molar-refractivity contribution in [2.45, 2.75) is 32.9 Å². The number of nitrogens with zero attached hydrogens (tertiary/aromatic N) is 1. The van der Waals surface area contributed by atoms with Crippen molar-refractivity contribution in [1.29, 1.82) is 0 Å². The zero-order valence-electron chi connectivity index (χ0n) is 8.15. The van der Waals surface area contributed by atoms with Crippen molar-refractivity contribution in [3.63, 3.8) is 0 Å². The van der Waals surface area contributed by atoms with E-state index in [1.54, 1.807) is 13.8 Å². The van der Waals surface area contributed by atoms with E-state index >= 15 is 0 Å². The van der Waals surface area contributed by atoms with E-state index in [-0.39, 0.29) is 11.9 Å². The monoisotopic (exact) mass is 185 g/mol. The molecule has 1 N–H and O–H groups in total. The molecule has 74 valence electrons. The number of carboxylic acid groups (broad SMARTS) is 1. The maximum Gasteiger partial charge on any atom is 0.326 e. The number of carbonyl (C=O) groups is 2. The summed E-state index contributed by atoms with van der Waals surface area (Å²) in [6, 6.07) is -0.956.